The zero-order valence-electron chi connectivity index (χ0n) is 14.7. The van der Waals surface area contributed by atoms with Crippen LogP contribution in [-0.2, 0) is 12.8 Å². The normalized spacial score (nSPS) is 40.5. The van der Waals surface area contributed by atoms with Gasteiger partial charge in [-0.1, -0.05) is 85.0 Å². The van der Waals surface area contributed by atoms with E-state index in [9.17, 15) is 0 Å². The van der Waals surface area contributed by atoms with Gasteiger partial charge in [-0.25, -0.2) is 0 Å². The number of hydrogen-bond donors (Lipinski definition) is 0. The third kappa shape index (κ3) is 1.72. The Kier molecular flexibility index (Phi) is 2.84. The molecule has 3 aliphatic carbocycles. The van der Waals surface area contributed by atoms with Gasteiger partial charge >= 0.3 is 0 Å². The van der Waals surface area contributed by atoms with Crippen molar-refractivity contribution in [3.05, 3.63) is 96.1 Å². The van der Waals surface area contributed by atoms with Gasteiger partial charge in [-0.05, 0) is 11.1 Å². The average molecular weight is 338 g/mol. The molecule has 0 amide bonds. The first-order valence-corrected chi connectivity index (χ1v) is 9.70. The summed E-state index contributed by atoms with van der Waals surface area (Å²) in [5, 5.41) is 10.2. The molecule has 1 saturated carbocycles. The molecule has 0 radical (unpaired) electrons. The molecule has 0 aromatic heterocycles. The van der Waals surface area contributed by atoms with Gasteiger partial charge in [-0.15, -0.1) is 0 Å². The van der Waals surface area contributed by atoms with Crippen molar-refractivity contribution in [3.63, 3.8) is 0 Å². The molecule has 2 aromatic carbocycles. The van der Waals surface area contributed by atoms with E-state index in [1.54, 1.807) is 0 Å². The monoisotopic (exact) mass is 338 g/mol. The van der Waals surface area contributed by atoms with Crippen molar-refractivity contribution in [3.8, 4) is 0 Å². The summed E-state index contributed by atoms with van der Waals surface area (Å²) < 4.78 is 0. The van der Waals surface area contributed by atoms with Gasteiger partial charge in [0.1, 0.15) is 0 Å². The standard InChI is InChI=1S/C24H22N2/c1-3-7-17(8-4-1)15-23-19-11-13-21(19)24(26-25-23,22-14-12-20(22)23)16-18-9-5-2-6-10-18/h1-14,19-22H,15-16H2/t19-,20-,21-,22-,23?,24?/m1/s1. The van der Waals surface area contributed by atoms with E-state index >= 15 is 0 Å². The van der Waals surface area contributed by atoms with Crippen LogP contribution in [0, 0.1) is 23.7 Å². The fourth-order valence-electron chi connectivity index (χ4n) is 5.86. The number of rotatable bonds is 4. The fourth-order valence-corrected chi connectivity index (χ4v) is 5.86. The van der Waals surface area contributed by atoms with E-state index in [1.807, 2.05) is 0 Å². The second kappa shape index (κ2) is 5.03. The second-order valence-corrected chi connectivity index (χ2v) is 8.38. The Morgan fingerprint density at radius 1 is 0.538 bits per heavy atom. The summed E-state index contributed by atoms with van der Waals surface area (Å²) in [4.78, 5) is 0. The van der Waals surface area contributed by atoms with E-state index in [1.165, 1.54) is 11.1 Å². The molecule has 2 heteroatoms. The minimum atomic E-state index is -0.0708. The van der Waals surface area contributed by atoms with Crippen LogP contribution in [-0.4, -0.2) is 11.1 Å². The molecular formula is C24H22N2. The number of azo groups is 1. The summed E-state index contributed by atoms with van der Waals surface area (Å²) >= 11 is 0. The fraction of sp³-hybridized carbons (Fsp3) is 0.333. The summed E-state index contributed by atoms with van der Waals surface area (Å²) in [6, 6.07) is 21.7. The van der Waals surface area contributed by atoms with Crippen LogP contribution in [0.15, 0.2) is 95.2 Å². The molecule has 2 bridgehead atoms. The van der Waals surface area contributed by atoms with Crippen molar-refractivity contribution >= 4 is 0 Å². The Morgan fingerprint density at radius 3 is 1.19 bits per heavy atom. The van der Waals surface area contributed by atoms with E-state index in [0.29, 0.717) is 23.7 Å². The zero-order valence-corrected chi connectivity index (χ0v) is 14.7. The zero-order chi connectivity index (χ0) is 17.2. The Bertz CT molecular complexity index is 824. The Morgan fingerprint density at radius 2 is 0.885 bits per heavy atom. The molecule has 0 unspecified atom stereocenters. The van der Waals surface area contributed by atoms with Crippen LogP contribution < -0.4 is 0 Å². The highest BCUT2D eigenvalue weighted by molar-refractivity contribution is 5.43. The molecule has 7 rings (SSSR count). The van der Waals surface area contributed by atoms with Crippen LogP contribution in [0.2, 0.25) is 0 Å². The van der Waals surface area contributed by atoms with Crippen molar-refractivity contribution in [2.75, 3.05) is 0 Å². The first-order chi connectivity index (χ1) is 12.8. The van der Waals surface area contributed by atoms with Gasteiger partial charge in [-0.2, -0.15) is 10.2 Å². The molecular weight excluding hydrogens is 316 g/mol. The highest BCUT2D eigenvalue weighted by Gasteiger charge is 2.70. The Balaban J connectivity index is 1.44. The van der Waals surface area contributed by atoms with Gasteiger partial charge in [0.15, 0.2) is 0 Å². The maximum Gasteiger partial charge on any atom is 0.0993 e. The first kappa shape index (κ1) is 14.7. The molecule has 0 saturated heterocycles. The van der Waals surface area contributed by atoms with Gasteiger partial charge in [0.2, 0.25) is 0 Å². The van der Waals surface area contributed by atoms with Gasteiger partial charge in [0.05, 0.1) is 11.1 Å². The van der Waals surface area contributed by atoms with Crippen molar-refractivity contribution < 1.29 is 0 Å². The predicted octanol–water partition coefficient (Wildman–Crippen LogP) is 5.03. The minimum Gasteiger partial charge on any atom is -0.185 e. The maximum atomic E-state index is 5.08. The average Bonchev–Trinajstić information content (AvgIpc) is 2.58. The molecule has 128 valence electrons. The minimum absolute atomic E-state index is 0.0708. The summed E-state index contributed by atoms with van der Waals surface area (Å²) in [6.07, 6.45) is 11.6. The molecule has 1 fully saturated rings. The van der Waals surface area contributed by atoms with E-state index < -0.39 is 0 Å². The molecule has 2 nitrogen and oxygen atoms in total. The van der Waals surface area contributed by atoms with E-state index in [-0.39, 0.29) is 11.1 Å². The Labute approximate surface area is 154 Å². The van der Waals surface area contributed by atoms with Crippen molar-refractivity contribution in [2.24, 2.45) is 33.9 Å². The molecule has 2 aromatic rings. The Hall–Kier alpha value is -2.48. The third-order valence-corrected chi connectivity index (χ3v) is 7.22. The lowest BCUT2D eigenvalue weighted by Gasteiger charge is -2.66. The van der Waals surface area contributed by atoms with Crippen LogP contribution in [0.5, 0.6) is 0 Å². The lowest BCUT2D eigenvalue weighted by molar-refractivity contribution is -0.0482. The van der Waals surface area contributed by atoms with Crippen LogP contribution in [0.25, 0.3) is 0 Å². The van der Waals surface area contributed by atoms with Gasteiger partial charge < -0.3 is 0 Å². The highest BCUT2D eigenvalue weighted by atomic mass is 15.3. The topological polar surface area (TPSA) is 24.7 Å². The lowest BCUT2D eigenvalue weighted by atomic mass is 9.41. The molecule has 2 aliphatic heterocycles. The predicted molar refractivity (Wildman–Crippen MR) is 103 cm³/mol. The molecule has 2 heterocycles. The quantitative estimate of drug-likeness (QED) is 0.698. The molecule has 5 aliphatic rings. The SMILES string of the molecule is C1=C[C@@H]2[C@@H]1C1(Cc3ccccc3)N=NC2(Cc2ccccc2)[C@@H]2C=C[C@H]21. The smallest absolute Gasteiger partial charge is 0.0993 e. The summed E-state index contributed by atoms with van der Waals surface area (Å²) in [6.45, 7) is 0. The first-order valence-electron chi connectivity index (χ1n) is 9.70. The van der Waals surface area contributed by atoms with Crippen LogP contribution >= 0.6 is 0 Å². The van der Waals surface area contributed by atoms with Crippen LogP contribution in [0.1, 0.15) is 11.1 Å². The molecule has 0 spiro atoms. The molecule has 0 N–H and O–H groups in total. The van der Waals surface area contributed by atoms with Gasteiger partial charge in [0.25, 0.3) is 0 Å². The van der Waals surface area contributed by atoms with Crippen molar-refractivity contribution in [2.45, 2.75) is 23.9 Å². The van der Waals surface area contributed by atoms with E-state index in [4.69, 9.17) is 10.2 Å². The second-order valence-electron chi connectivity index (χ2n) is 8.38. The maximum absolute atomic E-state index is 5.08. The summed E-state index contributed by atoms with van der Waals surface area (Å²) in [7, 11) is 0. The van der Waals surface area contributed by atoms with Crippen molar-refractivity contribution in [1.82, 2.24) is 0 Å². The van der Waals surface area contributed by atoms with Crippen molar-refractivity contribution in [1.29, 1.82) is 0 Å². The number of hydrogen-bond acceptors (Lipinski definition) is 2. The van der Waals surface area contributed by atoms with Gasteiger partial charge in [-0.3, -0.25) is 0 Å². The van der Waals surface area contributed by atoms with Crippen LogP contribution in [0.3, 0.4) is 0 Å². The van der Waals surface area contributed by atoms with E-state index in [0.717, 1.165) is 12.8 Å². The summed E-state index contributed by atoms with van der Waals surface area (Å²) in [5.74, 6) is 2.09. The van der Waals surface area contributed by atoms with Gasteiger partial charge in [0, 0.05) is 36.5 Å². The highest BCUT2D eigenvalue weighted by Crippen LogP contribution is 2.66. The third-order valence-electron chi connectivity index (χ3n) is 7.22. The van der Waals surface area contributed by atoms with E-state index in [2.05, 4.69) is 85.0 Å². The number of benzene rings is 2. The molecule has 26 heavy (non-hydrogen) atoms. The lowest BCUT2D eigenvalue weighted by Crippen LogP contribution is -2.71. The largest absolute Gasteiger partial charge is 0.185 e. The summed E-state index contributed by atoms with van der Waals surface area (Å²) in [5.41, 5.74) is 2.61. The molecule has 4 atom stereocenters. The number of nitrogens with zero attached hydrogens (tertiary/aromatic N) is 2. The van der Waals surface area contributed by atoms with Crippen LogP contribution in [0.4, 0.5) is 0 Å².